The van der Waals surface area contributed by atoms with Gasteiger partial charge in [-0.2, -0.15) is 0 Å². The van der Waals surface area contributed by atoms with Crippen LogP contribution in [0.15, 0.2) is 54.2 Å². The Bertz CT molecular complexity index is 903. The lowest BCUT2D eigenvalue weighted by Gasteiger charge is -2.35. The minimum atomic E-state index is -0.00392. The highest BCUT2D eigenvalue weighted by Gasteiger charge is 2.24. The van der Waals surface area contributed by atoms with Crippen molar-refractivity contribution in [3.05, 3.63) is 59.9 Å². The van der Waals surface area contributed by atoms with Gasteiger partial charge in [0, 0.05) is 55.2 Å². The Morgan fingerprint density at radius 2 is 1.89 bits per heavy atom. The average Bonchev–Trinajstić information content (AvgIpc) is 3.24. The zero-order valence-corrected chi connectivity index (χ0v) is 15.9. The second-order valence-corrected chi connectivity index (χ2v) is 7.11. The summed E-state index contributed by atoms with van der Waals surface area (Å²) in [6.07, 6.45) is 3.49. The van der Waals surface area contributed by atoms with Crippen molar-refractivity contribution in [1.29, 1.82) is 0 Å². The fourth-order valence-electron chi connectivity index (χ4n) is 3.12. The molecular weight excluding hydrogens is 360 g/mol. The number of benzene rings is 1. The maximum absolute atomic E-state index is 12.8. The highest BCUT2D eigenvalue weighted by atomic mass is 32.1. The number of methoxy groups -OCH3 is 1. The Balaban J connectivity index is 1.39. The van der Waals surface area contributed by atoms with Crippen LogP contribution >= 0.6 is 11.3 Å². The highest BCUT2D eigenvalue weighted by Crippen LogP contribution is 2.24. The van der Waals surface area contributed by atoms with Crippen molar-refractivity contribution in [2.45, 2.75) is 0 Å². The summed E-state index contributed by atoms with van der Waals surface area (Å²) in [5.74, 6) is 0.844. The van der Waals surface area contributed by atoms with Crippen molar-refractivity contribution >= 4 is 22.9 Å². The van der Waals surface area contributed by atoms with Crippen molar-refractivity contribution in [2.75, 3.05) is 38.2 Å². The molecule has 1 aliphatic rings. The van der Waals surface area contributed by atoms with Crippen LogP contribution in [-0.2, 0) is 0 Å². The van der Waals surface area contributed by atoms with Crippen molar-refractivity contribution in [2.24, 2.45) is 0 Å². The third-order valence-electron chi connectivity index (χ3n) is 4.64. The molecule has 6 nitrogen and oxygen atoms in total. The topological polar surface area (TPSA) is 58.6 Å². The number of thiazole rings is 1. The van der Waals surface area contributed by atoms with Gasteiger partial charge in [0.05, 0.1) is 7.11 Å². The fraction of sp³-hybridized carbons (Fsp3) is 0.250. The van der Waals surface area contributed by atoms with E-state index in [0.29, 0.717) is 18.8 Å². The summed E-state index contributed by atoms with van der Waals surface area (Å²) < 4.78 is 5.21. The lowest BCUT2D eigenvalue weighted by atomic mass is 10.2. The number of nitrogens with zero attached hydrogens (tertiary/aromatic N) is 4. The first kappa shape index (κ1) is 17.5. The molecule has 2 aromatic heterocycles. The summed E-state index contributed by atoms with van der Waals surface area (Å²) in [4.78, 5) is 25.6. The van der Waals surface area contributed by atoms with E-state index in [4.69, 9.17) is 4.74 Å². The van der Waals surface area contributed by atoms with E-state index in [1.165, 1.54) is 11.3 Å². The van der Waals surface area contributed by atoms with E-state index in [2.05, 4.69) is 27.0 Å². The molecule has 1 aromatic carbocycles. The Hall–Kier alpha value is -2.93. The molecule has 0 saturated carbocycles. The molecule has 0 spiro atoms. The van der Waals surface area contributed by atoms with Gasteiger partial charge in [0.25, 0.3) is 5.91 Å². The average molecular weight is 380 g/mol. The fourth-order valence-corrected chi connectivity index (χ4v) is 3.90. The van der Waals surface area contributed by atoms with Crippen LogP contribution < -0.4 is 9.64 Å². The first-order chi connectivity index (χ1) is 13.2. The molecule has 3 heterocycles. The van der Waals surface area contributed by atoms with Crippen LogP contribution in [0.25, 0.3) is 10.6 Å². The summed E-state index contributed by atoms with van der Waals surface area (Å²) in [7, 11) is 1.66. The van der Waals surface area contributed by atoms with Gasteiger partial charge >= 0.3 is 0 Å². The molecule has 0 bridgehead atoms. The molecule has 4 rings (SSSR count). The third-order valence-corrected chi connectivity index (χ3v) is 5.53. The van der Waals surface area contributed by atoms with Crippen LogP contribution in [-0.4, -0.2) is 54.1 Å². The van der Waals surface area contributed by atoms with Crippen LogP contribution in [0, 0.1) is 0 Å². The molecule has 0 atom stereocenters. The number of ether oxygens (including phenoxy) is 1. The van der Waals surface area contributed by atoms with E-state index in [-0.39, 0.29) is 5.91 Å². The quantitative estimate of drug-likeness (QED) is 0.696. The number of anilines is 1. The predicted octanol–water partition coefficient (Wildman–Crippen LogP) is 3.18. The number of rotatable bonds is 4. The van der Waals surface area contributed by atoms with Gasteiger partial charge in [-0.25, -0.2) is 4.98 Å². The zero-order chi connectivity index (χ0) is 18.6. The van der Waals surface area contributed by atoms with E-state index in [1.54, 1.807) is 19.5 Å². The standard InChI is InChI=1S/C20H20N4O2S/c1-26-17-6-4-16(5-7-17)23-9-11-24(12-10-23)20(25)18-14-27-19(22-18)15-3-2-8-21-13-15/h2-8,13-14H,9-12H2,1H3. The van der Waals surface area contributed by atoms with Crippen molar-refractivity contribution in [3.63, 3.8) is 0 Å². The second-order valence-electron chi connectivity index (χ2n) is 6.26. The van der Waals surface area contributed by atoms with Crippen molar-refractivity contribution in [3.8, 4) is 16.3 Å². The highest BCUT2D eigenvalue weighted by molar-refractivity contribution is 7.13. The molecule has 1 saturated heterocycles. The lowest BCUT2D eigenvalue weighted by Crippen LogP contribution is -2.48. The first-order valence-electron chi connectivity index (χ1n) is 8.79. The number of hydrogen-bond donors (Lipinski definition) is 0. The Morgan fingerprint density at radius 1 is 1.11 bits per heavy atom. The Labute approximate surface area is 162 Å². The molecule has 7 heteroatoms. The monoisotopic (exact) mass is 380 g/mol. The summed E-state index contributed by atoms with van der Waals surface area (Å²) in [5, 5.41) is 2.66. The molecule has 0 N–H and O–H groups in total. The molecule has 0 radical (unpaired) electrons. The van der Waals surface area contributed by atoms with Crippen LogP contribution in [0.1, 0.15) is 10.5 Å². The number of pyridine rings is 1. The van der Waals surface area contributed by atoms with Gasteiger partial charge in [-0.15, -0.1) is 11.3 Å². The van der Waals surface area contributed by atoms with Gasteiger partial charge < -0.3 is 14.5 Å². The number of amides is 1. The minimum absolute atomic E-state index is 0.00392. The number of hydrogen-bond acceptors (Lipinski definition) is 6. The molecule has 0 unspecified atom stereocenters. The van der Waals surface area contributed by atoms with Crippen LogP contribution in [0.5, 0.6) is 5.75 Å². The summed E-state index contributed by atoms with van der Waals surface area (Å²) in [6.45, 7) is 2.98. The summed E-state index contributed by atoms with van der Waals surface area (Å²) in [5.41, 5.74) is 2.60. The van der Waals surface area contributed by atoms with Crippen molar-refractivity contribution < 1.29 is 9.53 Å². The van der Waals surface area contributed by atoms with E-state index in [1.807, 2.05) is 34.5 Å². The maximum atomic E-state index is 12.8. The minimum Gasteiger partial charge on any atom is -0.497 e. The van der Waals surface area contributed by atoms with Gasteiger partial charge in [0.15, 0.2) is 0 Å². The summed E-state index contributed by atoms with van der Waals surface area (Å²) in [6, 6.07) is 11.8. The van der Waals surface area contributed by atoms with E-state index >= 15 is 0 Å². The molecular formula is C20H20N4O2S. The smallest absolute Gasteiger partial charge is 0.273 e. The van der Waals surface area contributed by atoms with Crippen LogP contribution in [0.4, 0.5) is 5.69 Å². The number of aromatic nitrogens is 2. The number of piperazine rings is 1. The van der Waals surface area contributed by atoms with Crippen LogP contribution in [0.3, 0.4) is 0 Å². The summed E-state index contributed by atoms with van der Waals surface area (Å²) >= 11 is 1.47. The molecule has 1 fully saturated rings. The van der Waals surface area contributed by atoms with E-state index < -0.39 is 0 Å². The number of carbonyl (C=O) groups excluding carboxylic acids is 1. The molecule has 0 aliphatic carbocycles. The predicted molar refractivity (Wildman–Crippen MR) is 106 cm³/mol. The van der Waals surface area contributed by atoms with Gasteiger partial charge in [-0.05, 0) is 36.4 Å². The maximum Gasteiger partial charge on any atom is 0.273 e. The van der Waals surface area contributed by atoms with Gasteiger partial charge in [-0.3, -0.25) is 9.78 Å². The Morgan fingerprint density at radius 3 is 2.56 bits per heavy atom. The van der Waals surface area contributed by atoms with Crippen LogP contribution in [0.2, 0.25) is 0 Å². The molecule has 27 heavy (non-hydrogen) atoms. The molecule has 1 aliphatic heterocycles. The SMILES string of the molecule is COc1ccc(N2CCN(C(=O)c3csc(-c4cccnc4)n3)CC2)cc1. The Kier molecular flexibility index (Phi) is 5.02. The zero-order valence-electron chi connectivity index (χ0n) is 15.0. The van der Waals surface area contributed by atoms with Crippen molar-refractivity contribution in [1.82, 2.24) is 14.9 Å². The lowest BCUT2D eigenvalue weighted by molar-refractivity contribution is 0.0742. The van der Waals surface area contributed by atoms with Gasteiger partial charge in [0.2, 0.25) is 0 Å². The normalized spacial score (nSPS) is 14.3. The van der Waals surface area contributed by atoms with Gasteiger partial charge in [0.1, 0.15) is 16.5 Å². The largest absolute Gasteiger partial charge is 0.497 e. The molecule has 1 amide bonds. The van der Waals surface area contributed by atoms with Gasteiger partial charge in [-0.1, -0.05) is 0 Å². The number of carbonyl (C=O) groups is 1. The second kappa shape index (κ2) is 7.75. The molecule has 138 valence electrons. The van der Waals surface area contributed by atoms with E-state index in [9.17, 15) is 4.79 Å². The third kappa shape index (κ3) is 3.78. The first-order valence-corrected chi connectivity index (χ1v) is 9.67. The molecule has 3 aromatic rings. The van der Waals surface area contributed by atoms with E-state index in [0.717, 1.165) is 35.1 Å².